The maximum absolute atomic E-state index is 12.6. The molecule has 1 heterocycles. The smallest absolute Gasteiger partial charge is 0.266 e. The van der Waals surface area contributed by atoms with Gasteiger partial charge in [-0.25, -0.2) is 13.8 Å². The highest BCUT2D eigenvalue weighted by atomic mass is 19.3. The predicted molar refractivity (Wildman–Crippen MR) is 39.5 cm³/mol. The molecule has 0 saturated heterocycles. The van der Waals surface area contributed by atoms with Crippen molar-refractivity contribution in [3.63, 3.8) is 0 Å². The molecular weight excluding hydrogens is 185 g/mol. The normalized spacial score (nSPS) is 10.8. The first-order valence-corrected chi connectivity index (χ1v) is 3.39. The van der Waals surface area contributed by atoms with Crippen LogP contribution in [0.5, 0.6) is 0 Å². The van der Waals surface area contributed by atoms with Crippen LogP contribution in [-0.4, -0.2) is 10.1 Å². The number of rotatable bonds is 2. The third-order valence-electron chi connectivity index (χ3n) is 1.58. The first-order chi connectivity index (χ1) is 6.07. The third kappa shape index (κ3) is 1.72. The highest BCUT2D eigenvalue weighted by molar-refractivity contribution is 5.50. The molecule has 13 heavy (non-hydrogen) atoms. The van der Waals surface area contributed by atoms with E-state index in [0.29, 0.717) is 0 Å². The van der Waals surface area contributed by atoms with Crippen LogP contribution in [0.15, 0.2) is 6.20 Å². The van der Waals surface area contributed by atoms with Gasteiger partial charge in [-0.2, -0.15) is 4.39 Å². The molecule has 1 aromatic rings. The molecule has 1 rings (SSSR count). The summed E-state index contributed by atoms with van der Waals surface area (Å²) in [4.78, 5) is 3.11. The van der Waals surface area contributed by atoms with Gasteiger partial charge in [-0.15, -0.1) is 0 Å². The fourth-order valence-corrected chi connectivity index (χ4v) is 0.941. The summed E-state index contributed by atoms with van der Waals surface area (Å²) in [5, 5.41) is 8.63. The van der Waals surface area contributed by atoms with E-state index in [4.69, 9.17) is 10.8 Å². The molecule has 1 aromatic heterocycles. The quantitative estimate of drug-likeness (QED) is 0.693. The van der Waals surface area contributed by atoms with Crippen LogP contribution in [-0.2, 0) is 6.61 Å². The van der Waals surface area contributed by atoms with Crippen molar-refractivity contribution in [2.45, 2.75) is 13.0 Å². The monoisotopic (exact) mass is 192 g/mol. The molecule has 6 heteroatoms. The summed E-state index contributed by atoms with van der Waals surface area (Å²) in [6.07, 6.45) is -2.08. The van der Waals surface area contributed by atoms with Gasteiger partial charge in [-0.3, -0.25) is 0 Å². The van der Waals surface area contributed by atoms with Crippen LogP contribution in [0.1, 0.15) is 17.6 Å². The van der Waals surface area contributed by atoms with Gasteiger partial charge in [0, 0.05) is 11.8 Å². The van der Waals surface area contributed by atoms with Crippen molar-refractivity contribution in [3.8, 4) is 0 Å². The number of aromatic nitrogens is 1. The van der Waals surface area contributed by atoms with Gasteiger partial charge in [0.15, 0.2) is 0 Å². The number of nitrogen functional groups attached to an aromatic ring is 1. The number of anilines is 1. The second-order valence-corrected chi connectivity index (χ2v) is 2.36. The van der Waals surface area contributed by atoms with Crippen LogP contribution >= 0.6 is 0 Å². The molecule has 0 spiro atoms. The van der Waals surface area contributed by atoms with E-state index in [0.717, 1.165) is 6.20 Å². The van der Waals surface area contributed by atoms with E-state index in [2.05, 4.69) is 4.98 Å². The molecule has 0 radical (unpaired) electrons. The number of aliphatic hydroxyl groups excluding tert-OH is 1. The van der Waals surface area contributed by atoms with Crippen molar-refractivity contribution in [3.05, 3.63) is 23.3 Å². The number of halogens is 3. The van der Waals surface area contributed by atoms with Crippen molar-refractivity contribution in [1.29, 1.82) is 0 Å². The van der Waals surface area contributed by atoms with Gasteiger partial charge >= 0.3 is 0 Å². The zero-order chi connectivity index (χ0) is 10.0. The van der Waals surface area contributed by atoms with Crippen molar-refractivity contribution in [2.24, 2.45) is 0 Å². The Morgan fingerprint density at radius 2 is 2.15 bits per heavy atom. The van der Waals surface area contributed by atoms with E-state index < -0.39 is 30.2 Å². The Hall–Kier alpha value is -1.30. The van der Waals surface area contributed by atoms with Gasteiger partial charge in [0.05, 0.1) is 17.9 Å². The fourth-order valence-electron chi connectivity index (χ4n) is 0.941. The lowest BCUT2D eigenvalue weighted by Gasteiger charge is -2.08. The Balaban J connectivity index is 3.32. The van der Waals surface area contributed by atoms with Crippen LogP contribution < -0.4 is 5.73 Å². The summed E-state index contributed by atoms with van der Waals surface area (Å²) >= 11 is 0. The molecule has 3 nitrogen and oxygen atoms in total. The molecule has 0 aliphatic carbocycles. The average Bonchev–Trinajstić information content (AvgIpc) is 2.08. The minimum absolute atomic E-state index is 0.158. The second-order valence-electron chi connectivity index (χ2n) is 2.36. The van der Waals surface area contributed by atoms with Gasteiger partial charge in [0.25, 0.3) is 6.43 Å². The molecule has 0 saturated carbocycles. The van der Waals surface area contributed by atoms with Crippen LogP contribution in [0.3, 0.4) is 0 Å². The number of nitrogens with two attached hydrogens (primary N) is 1. The van der Waals surface area contributed by atoms with Gasteiger partial charge in [0.1, 0.15) is 0 Å². The van der Waals surface area contributed by atoms with Crippen molar-refractivity contribution < 1.29 is 18.3 Å². The first-order valence-electron chi connectivity index (χ1n) is 3.39. The zero-order valence-corrected chi connectivity index (χ0v) is 6.47. The lowest BCUT2D eigenvalue weighted by atomic mass is 10.1. The number of alkyl halides is 2. The topological polar surface area (TPSA) is 59.1 Å². The van der Waals surface area contributed by atoms with E-state index >= 15 is 0 Å². The number of hydrogen-bond acceptors (Lipinski definition) is 3. The first kappa shape index (κ1) is 9.79. The van der Waals surface area contributed by atoms with E-state index in [1.165, 1.54) is 0 Å². The van der Waals surface area contributed by atoms with Gasteiger partial charge in [0.2, 0.25) is 5.95 Å². The van der Waals surface area contributed by atoms with Crippen molar-refractivity contribution >= 4 is 5.69 Å². The van der Waals surface area contributed by atoms with Crippen molar-refractivity contribution in [1.82, 2.24) is 4.98 Å². The summed E-state index contributed by atoms with van der Waals surface area (Å²) in [5.41, 5.74) is 3.48. The minimum atomic E-state index is -2.92. The van der Waals surface area contributed by atoms with Gasteiger partial charge in [-0.05, 0) is 0 Å². The van der Waals surface area contributed by atoms with Crippen LogP contribution in [0.4, 0.5) is 18.9 Å². The predicted octanol–water partition coefficient (Wildman–Crippen LogP) is 1.23. The van der Waals surface area contributed by atoms with Crippen LogP contribution in [0, 0.1) is 5.95 Å². The summed E-state index contributed by atoms with van der Waals surface area (Å²) in [7, 11) is 0. The molecule has 72 valence electrons. The summed E-state index contributed by atoms with van der Waals surface area (Å²) in [6.45, 7) is -0.642. The minimum Gasteiger partial charge on any atom is -0.395 e. The average molecular weight is 192 g/mol. The molecule has 0 aromatic carbocycles. The SMILES string of the molecule is Nc1c(F)ncc(CO)c1C(F)F. The third-order valence-corrected chi connectivity index (χ3v) is 1.58. The standard InChI is InChI=1S/C7H7F3N2O/c8-6(9)4-3(2-13)1-12-7(10)5(4)11/h1,6,13H,2,11H2. The van der Waals surface area contributed by atoms with Gasteiger partial charge < -0.3 is 10.8 Å². The lowest BCUT2D eigenvalue weighted by molar-refractivity contribution is 0.147. The molecule has 0 bridgehead atoms. The maximum atomic E-state index is 12.6. The Bertz CT molecular complexity index is 317. The molecule has 0 aliphatic heterocycles. The zero-order valence-electron chi connectivity index (χ0n) is 6.47. The Labute approximate surface area is 72.0 Å². The largest absolute Gasteiger partial charge is 0.395 e. The molecule has 0 atom stereocenters. The second kappa shape index (κ2) is 3.61. The Morgan fingerprint density at radius 1 is 1.54 bits per heavy atom. The maximum Gasteiger partial charge on any atom is 0.266 e. The summed E-state index contributed by atoms with van der Waals surface area (Å²) in [5.74, 6) is -1.15. The molecule has 0 unspecified atom stereocenters. The highest BCUT2D eigenvalue weighted by Gasteiger charge is 2.19. The molecule has 3 N–H and O–H groups in total. The number of aliphatic hydroxyl groups is 1. The fraction of sp³-hybridized carbons (Fsp3) is 0.286. The Morgan fingerprint density at radius 3 is 2.62 bits per heavy atom. The molecular formula is C7H7F3N2O. The van der Waals surface area contributed by atoms with E-state index in [1.54, 1.807) is 0 Å². The summed E-state index contributed by atoms with van der Waals surface area (Å²) < 4.78 is 37.1. The number of hydrogen-bond donors (Lipinski definition) is 2. The summed E-state index contributed by atoms with van der Waals surface area (Å²) in [6, 6.07) is 0. The van der Waals surface area contributed by atoms with E-state index in [-0.39, 0.29) is 5.56 Å². The van der Waals surface area contributed by atoms with Crippen molar-refractivity contribution in [2.75, 3.05) is 5.73 Å². The van der Waals surface area contributed by atoms with E-state index in [9.17, 15) is 13.2 Å². The Kier molecular flexibility index (Phi) is 2.72. The van der Waals surface area contributed by atoms with Gasteiger partial charge in [-0.1, -0.05) is 0 Å². The number of pyridine rings is 1. The number of nitrogens with zero attached hydrogens (tertiary/aromatic N) is 1. The van der Waals surface area contributed by atoms with Crippen LogP contribution in [0.25, 0.3) is 0 Å². The van der Waals surface area contributed by atoms with E-state index in [1.807, 2.05) is 0 Å². The molecule has 0 aliphatic rings. The highest BCUT2D eigenvalue weighted by Crippen LogP contribution is 2.29. The van der Waals surface area contributed by atoms with Crippen LogP contribution in [0.2, 0.25) is 0 Å². The lowest BCUT2D eigenvalue weighted by Crippen LogP contribution is -2.05. The molecule has 0 fully saturated rings. The molecule has 0 amide bonds.